The predicted molar refractivity (Wildman–Crippen MR) is 102 cm³/mol. The van der Waals surface area contributed by atoms with Crippen LogP contribution in [0.5, 0.6) is 0 Å². The van der Waals surface area contributed by atoms with Crippen molar-refractivity contribution in [2.24, 2.45) is 11.1 Å². The van der Waals surface area contributed by atoms with E-state index >= 15 is 0 Å². The van der Waals surface area contributed by atoms with Crippen LogP contribution in [0.15, 0.2) is 53.8 Å². The Morgan fingerprint density at radius 2 is 2.04 bits per heavy atom. The second-order valence-electron chi connectivity index (χ2n) is 7.15. The SMILES string of the molecule is CC(C)CC(=O)N(Cc1ccccc1F)CC1CC(c2ccccn2)=NO1. The largest absolute Gasteiger partial charge is 0.390 e. The summed E-state index contributed by atoms with van der Waals surface area (Å²) in [4.78, 5) is 24.2. The zero-order valence-electron chi connectivity index (χ0n) is 15.6. The lowest BCUT2D eigenvalue weighted by atomic mass is 10.1. The fraction of sp³-hybridized carbons (Fsp3) is 0.381. The van der Waals surface area contributed by atoms with E-state index in [1.54, 1.807) is 29.3 Å². The Balaban J connectivity index is 1.68. The molecular weight excluding hydrogens is 345 g/mol. The lowest BCUT2D eigenvalue weighted by Gasteiger charge is -2.26. The Labute approximate surface area is 158 Å². The van der Waals surface area contributed by atoms with Crippen molar-refractivity contribution in [1.82, 2.24) is 9.88 Å². The predicted octanol–water partition coefficient (Wildman–Crippen LogP) is 3.79. The second kappa shape index (κ2) is 8.75. The van der Waals surface area contributed by atoms with Gasteiger partial charge in [-0.15, -0.1) is 0 Å². The van der Waals surface area contributed by atoms with E-state index in [0.717, 1.165) is 11.4 Å². The molecule has 0 N–H and O–H groups in total. The number of aromatic nitrogens is 1. The van der Waals surface area contributed by atoms with Crippen molar-refractivity contribution < 1.29 is 14.0 Å². The van der Waals surface area contributed by atoms with E-state index < -0.39 is 0 Å². The molecule has 1 aromatic heterocycles. The summed E-state index contributed by atoms with van der Waals surface area (Å²) >= 11 is 0. The minimum absolute atomic E-state index is 0.0110. The third kappa shape index (κ3) is 5.12. The molecule has 0 saturated heterocycles. The smallest absolute Gasteiger partial charge is 0.223 e. The number of benzene rings is 1. The molecule has 0 radical (unpaired) electrons. The summed E-state index contributed by atoms with van der Waals surface area (Å²) in [7, 11) is 0. The number of hydrogen-bond donors (Lipinski definition) is 0. The minimum atomic E-state index is -0.308. The monoisotopic (exact) mass is 369 g/mol. The molecule has 2 aromatic rings. The fourth-order valence-electron chi connectivity index (χ4n) is 3.02. The van der Waals surface area contributed by atoms with Gasteiger partial charge in [-0.2, -0.15) is 0 Å². The van der Waals surface area contributed by atoms with Gasteiger partial charge in [0.25, 0.3) is 0 Å². The first kappa shape index (κ1) is 19.0. The van der Waals surface area contributed by atoms with Gasteiger partial charge in [0.1, 0.15) is 11.5 Å². The van der Waals surface area contributed by atoms with Gasteiger partial charge in [0.15, 0.2) is 6.10 Å². The molecule has 3 rings (SSSR count). The minimum Gasteiger partial charge on any atom is -0.390 e. The van der Waals surface area contributed by atoms with Gasteiger partial charge in [-0.3, -0.25) is 9.78 Å². The van der Waals surface area contributed by atoms with E-state index in [2.05, 4.69) is 10.1 Å². The molecule has 0 bridgehead atoms. The molecule has 0 spiro atoms. The summed E-state index contributed by atoms with van der Waals surface area (Å²) in [5, 5.41) is 4.13. The molecule has 0 saturated carbocycles. The quantitative estimate of drug-likeness (QED) is 0.746. The maximum atomic E-state index is 14.1. The summed E-state index contributed by atoms with van der Waals surface area (Å²) in [6, 6.07) is 12.2. The summed E-state index contributed by atoms with van der Waals surface area (Å²) < 4.78 is 14.1. The third-order valence-corrected chi connectivity index (χ3v) is 4.37. The molecule has 1 amide bonds. The summed E-state index contributed by atoms with van der Waals surface area (Å²) in [6.45, 7) is 4.57. The molecule has 27 heavy (non-hydrogen) atoms. The maximum Gasteiger partial charge on any atom is 0.223 e. The van der Waals surface area contributed by atoms with E-state index in [9.17, 15) is 9.18 Å². The van der Waals surface area contributed by atoms with Crippen LogP contribution in [0.4, 0.5) is 4.39 Å². The van der Waals surface area contributed by atoms with Crippen molar-refractivity contribution in [3.8, 4) is 0 Å². The van der Waals surface area contributed by atoms with Gasteiger partial charge in [-0.25, -0.2) is 4.39 Å². The van der Waals surface area contributed by atoms with Gasteiger partial charge in [-0.1, -0.05) is 43.3 Å². The summed E-state index contributed by atoms with van der Waals surface area (Å²) in [5.74, 6) is -0.0915. The van der Waals surface area contributed by atoms with Crippen molar-refractivity contribution in [2.45, 2.75) is 39.3 Å². The van der Waals surface area contributed by atoms with Crippen LogP contribution >= 0.6 is 0 Å². The Morgan fingerprint density at radius 3 is 2.74 bits per heavy atom. The molecule has 1 unspecified atom stereocenters. The van der Waals surface area contributed by atoms with Crippen LogP contribution in [0.3, 0.4) is 0 Å². The van der Waals surface area contributed by atoms with Crippen LogP contribution in [0, 0.1) is 11.7 Å². The molecular formula is C21H24FN3O2. The van der Waals surface area contributed by atoms with E-state index in [1.807, 2.05) is 32.0 Å². The van der Waals surface area contributed by atoms with E-state index in [-0.39, 0.29) is 30.3 Å². The van der Waals surface area contributed by atoms with Crippen molar-refractivity contribution >= 4 is 11.6 Å². The fourth-order valence-corrected chi connectivity index (χ4v) is 3.02. The first-order valence-electron chi connectivity index (χ1n) is 9.18. The lowest BCUT2D eigenvalue weighted by Crippen LogP contribution is -2.38. The van der Waals surface area contributed by atoms with Gasteiger partial charge in [0, 0.05) is 31.1 Å². The molecule has 0 fully saturated rings. The summed E-state index contributed by atoms with van der Waals surface area (Å²) in [5.41, 5.74) is 2.04. The average Bonchev–Trinajstić information content (AvgIpc) is 3.12. The number of oxime groups is 1. The zero-order chi connectivity index (χ0) is 19.2. The van der Waals surface area contributed by atoms with E-state index in [0.29, 0.717) is 24.9 Å². The number of halogens is 1. The van der Waals surface area contributed by atoms with Gasteiger partial charge in [0.2, 0.25) is 5.91 Å². The number of pyridine rings is 1. The molecule has 6 heteroatoms. The standard InChI is InChI=1S/C21H24FN3O2/c1-15(2)11-21(26)25(13-16-7-3-4-8-18(16)22)14-17-12-20(24-27-17)19-9-5-6-10-23-19/h3-10,15,17H,11-14H2,1-2H3. The van der Waals surface area contributed by atoms with Crippen LogP contribution in [0.1, 0.15) is 37.9 Å². The van der Waals surface area contributed by atoms with Crippen molar-refractivity contribution in [2.75, 3.05) is 6.54 Å². The van der Waals surface area contributed by atoms with Crippen molar-refractivity contribution in [3.05, 3.63) is 65.7 Å². The normalized spacial score (nSPS) is 16.1. The van der Waals surface area contributed by atoms with Crippen LogP contribution in [-0.2, 0) is 16.2 Å². The van der Waals surface area contributed by atoms with E-state index in [4.69, 9.17) is 4.84 Å². The molecule has 1 atom stereocenters. The third-order valence-electron chi connectivity index (χ3n) is 4.37. The number of carbonyl (C=O) groups is 1. The highest BCUT2D eigenvalue weighted by molar-refractivity contribution is 5.99. The lowest BCUT2D eigenvalue weighted by molar-refractivity contribution is -0.134. The van der Waals surface area contributed by atoms with Gasteiger partial charge >= 0.3 is 0 Å². The van der Waals surface area contributed by atoms with Crippen LogP contribution in [-0.4, -0.2) is 34.2 Å². The molecule has 1 aliphatic heterocycles. The zero-order valence-corrected chi connectivity index (χ0v) is 15.6. The van der Waals surface area contributed by atoms with Crippen LogP contribution in [0.2, 0.25) is 0 Å². The maximum absolute atomic E-state index is 14.1. The first-order chi connectivity index (χ1) is 13.0. The molecule has 1 aliphatic rings. The summed E-state index contributed by atoms with van der Waals surface area (Å²) in [6.07, 6.45) is 2.43. The first-order valence-corrected chi connectivity index (χ1v) is 9.18. The topological polar surface area (TPSA) is 54.8 Å². The van der Waals surface area contributed by atoms with Crippen molar-refractivity contribution in [3.63, 3.8) is 0 Å². The number of rotatable bonds is 7. The molecule has 2 heterocycles. The second-order valence-corrected chi connectivity index (χ2v) is 7.15. The average molecular weight is 369 g/mol. The Kier molecular flexibility index (Phi) is 6.16. The van der Waals surface area contributed by atoms with Gasteiger partial charge in [-0.05, 0) is 24.1 Å². The highest BCUT2D eigenvalue weighted by atomic mass is 19.1. The molecule has 1 aromatic carbocycles. The highest BCUT2D eigenvalue weighted by Crippen LogP contribution is 2.19. The number of nitrogens with zero attached hydrogens (tertiary/aromatic N) is 3. The number of hydrogen-bond acceptors (Lipinski definition) is 4. The Bertz CT molecular complexity index is 808. The van der Waals surface area contributed by atoms with E-state index in [1.165, 1.54) is 6.07 Å². The van der Waals surface area contributed by atoms with Gasteiger partial charge < -0.3 is 9.74 Å². The van der Waals surface area contributed by atoms with Crippen LogP contribution in [0.25, 0.3) is 0 Å². The Morgan fingerprint density at radius 1 is 1.26 bits per heavy atom. The van der Waals surface area contributed by atoms with Gasteiger partial charge in [0.05, 0.1) is 12.2 Å². The molecule has 142 valence electrons. The molecule has 5 nitrogen and oxygen atoms in total. The molecule has 0 aliphatic carbocycles. The highest BCUT2D eigenvalue weighted by Gasteiger charge is 2.28. The van der Waals surface area contributed by atoms with Crippen LogP contribution < -0.4 is 0 Å². The Hall–Kier alpha value is -2.76. The number of amides is 1. The number of carbonyl (C=O) groups excluding carboxylic acids is 1. The van der Waals surface area contributed by atoms with Crippen molar-refractivity contribution in [1.29, 1.82) is 0 Å².